The van der Waals surface area contributed by atoms with Crippen LogP contribution in [0.1, 0.15) is 36.3 Å². The Kier molecular flexibility index (Phi) is 2.77. The van der Waals surface area contributed by atoms with E-state index in [0.29, 0.717) is 0 Å². The van der Waals surface area contributed by atoms with Crippen molar-refractivity contribution in [1.29, 1.82) is 0 Å². The standard InChI is InChI=1S/C14H14N2OS/c1-10-16-12-8-11(4-5-13(12)18-10)14(15-9-17)6-2-3-7-14/h4-5,8H,2-3,6-7H2,1H3. The van der Waals surface area contributed by atoms with Gasteiger partial charge < -0.3 is 0 Å². The van der Waals surface area contributed by atoms with Crippen molar-refractivity contribution in [2.75, 3.05) is 0 Å². The molecule has 3 rings (SSSR count). The Morgan fingerprint density at radius 3 is 2.89 bits per heavy atom. The van der Waals surface area contributed by atoms with Crippen LogP contribution < -0.4 is 0 Å². The van der Waals surface area contributed by atoms with E-state index in [4.69, 9.17) is 0 Å². The van der Waals surface area contributed by atoms with E-state index in [1.54, 1.807) is 17.4 Å². The average molecular weight is 258 g/mol. The average Bonchev–Trinajstić information content (AvgIpc) is 2.94. The third kappa shape index (κ3) is 1.78. The van der Waals surface area contributed by atoms with Gasteiger partial charge in [-0.15, -0.1) is 11.3 Å². The quantitative estimate of drug-likeness (QED) is 0.608. The number of nitrogens with zero attached hydrogens (tertiary/aromatic N) is 2. The Morgan fingerprint density at radius 1 is 1.39 bits per heavy atom. The van der Waals surface area contributed by atoms with E-state index < -0.39 is 0 Å². The van der Waals surface area contributed by atoms with Gasteiger partial charge in [0.05, 0.1) is 20.8 Å². The highest BCUT2D eigenvalue weighted by molar-refractivity contribution is 7.18. The molecular weight excluding hydrogens is 244 g/mol. The summed E-state index contributed by atoms with van der Waals surface area (Å²) >= 11 is 1.70. The van der Waals surface area contributed by atoms with Crippen LogP contribution in [0, 0.1) is 6.92 Å². The summed E-state index contributed by atoms with van der Waals surface area (Å²) in [6.07, 6.45) is 5.89. The van der Waals surface area contributed by atoms with Crippen molar-refractivity contribution in [1.82, 2.24) is 4.98 Å². The zero-order valence-electron chi connectivity index (χ0n) is 10.3. The molecule has 0 saturated heterocycles. The van der Waals surface area contributed by atoms with Gasteiger partial charge >= 0.3 is 0 Å². The molecular formula is C14H14N2OS. The van der Waals surface area contributed by atoms with Gasteiger partial charge in [0.25, 0.3) is 0 Å². The van der Waals surface area contributed by atoms with Gasteiger partial charge in [-0.3, -0.25) is 0 Å². The fourth-order valence-electron chi connectivity index (χ4n) is 2.84. The van der Waals surface area contributed by atoms with Gasteiger partial charge in [-0.1, -0.05) is 18.9 Å². The Hall–Kier alpha value is -1.51. The lowest BCUT2D eigenvalue weighted by molar-refractivity contribution is 0.456. The summed E-state index contributed by atoms with van der Waals surface area (Å²) in [5.74, 6) is 0. The topological polar surface area (TPSA) is 42.3 Å². The fraction of sp³-hybridized carbons (Fsp3) is 0.429. The first-order valence-corrected chi connectivity index (χ1v) is 7.02. The highest BCUT2D eigenvalue weighted by Gasteiger charge is 2.35. The van der Waals surface area contributed by atoms with Crippen molar-refractivity contribution in [3.05, 3.63) is 28.8 Å². The summed E-state index contributed by atoms with van der Waals surface area (Å²) in [4.78, 5) is 19.3. The first-order chi connectivity index (χ1) is 8.73. The summed E-state index contributed by atoms with van der Waals surface area (Å²) < 4.78 is 1.19. The van der Waals surface area contributed by atoms with Gasteiger partial charge in [-0.2, -0.15) is 4.99 Å². The zero-order chi connectivity index (χ0) is 12.6. The van der Waals surface area contributed by atoms with Crippen LogP contribution in [0.5, 0.6) is 0 Å². The summed E-state index contributed by atoms with van der Waals surface area (Å²) in [7, 11) is 0. The van der Waals surface area contributed by atoms with E-state index >= 15 is 0 Å². The zero-order valence-corrected chi connectivity index (χ0v) is 11.1. The Labute approximate surface area is 110 Å². The van der Waals surface area contributed by atoms with Crippen LogP contribution in [0.2, 0.25) is 0 Å². The van der Waals surface area contributed by atoms with Crippen molar-refractivity contribution in [3.8, 4) is 0 Å². The predicted octanol–water partition coefficient (Wildman–Crippen LogP) is 3.71. The minimum atomic E-state index is -0.340. The molecule has 3 nitrogen and oxygen atoms in total. The predicted molar refractivity (Wildman–Crippen MR) is 72.6 cm³/mol. The molecule has 1 saturated carbocycles. The maximum Gasteiger partial charge on any atom is 0.235 e. The molecule has 0 unspecified atom stereocenters. The SMILES string of the molecule is Cc1nc2cc(C3(N=C=O)CCCC3)ccc2s1. The van der Waals surface area contributed by atoms with Crippen molar-refractivity contribution in [2.24, 2.45) is 4.99 Å². The van der Waals surface area contributed by atoms with Crippen molar-refractivity contribution in [3.63, 3.8) is 0 Å². The Balaban J connectivity index is 2.14. The van der Waals surface area contributed by atoms with Gasteiger partial charge in [-0.25, -0.2) is 9.78 Å². The second-order valence-corrected chi connectivity index (χ2v) is 6.09. The van der Waals surface area contributed by atoms with E-state index in [1.165, 1.54) is 4.70 Å². The molecule has 2 aromatic rings. The lowest BCUT2D eigenvalue weighted by Crippen LogP contribution is -2.18. The molecule has 0 atom stereocenters. The lowest BCUT2D eigenvalue weighted by Gasteiger charge is -2.22. The molecule has 1 fully saturated rings. The van der Waals surface area contributed by atoms with Crippen LogP contribution in [-0.4, -0.2) is 11.1 Å². The second kappa shape index (κ2) is 4.30. The number of rotatable bonds is 2. The van der Waals surface area contributed by atoms with Crippen LogP contribution in [0.25, 0.3) is 10.2 Å². The molecule has 0 bridgehead atoms. The number of benzene rings is 1. The number of fused-ring (bicyclic) bond motifs is 1. The van der Waals surface area contributed by atoms with Crippen LogP contribution in [-0.2, 0) is 10.3 Å². The van der Waals surface area contributed by atoms with Gasteiger partial charge in [0.2, 0.25) is 6.08 Å². The number of isocyanates is 1. The maximum atomic E-state index is 10.7. The molecule has 18 heavy (non-hydrogen) atoms. The number of aromatic nitrogens is 1. The van der Waals surface area contributed by atoms with Crippen molar-refractivity contribution < 1.29 is 4.79 Å². The maximum absolute atomic E-state index is 10.7. The third-order valence-corrected chi connectivity index (χ3v) is 4.67. The van der Waals surface area contributed by atoms with Crippen LogP contribution in [0.15, 0.2) is 23.2 Å². The van der Waals surface area contributed by atoms with E-state index in [1.807, 2.05) is 6.92 Å². The summed E-state index contributed by atoms with van der Waals surface area (Å²) in [5, 5.41) is 1.07. The number of hydrogen-bond acceptors (Lipinski definition) is 4. The Morgan fingerprint density at radius 2 is 2.17 bits per heavy atom. The molecule has 1 aromatic carbocycles. The van der Waals surface area contributed by atoms with Crippen LogP contribution >= 0.6 is 11.3 Å². The first-order valence-electron chi connectivity index (χ1n) is 6.20. The number of aliphatic imine (C=N–C) groups is 1. The highest BCUT2D eigenvalue weighted by atomic mass is 32.1. The molecule has 1 heterocycles. The highest BCUT2D eigenvalue weighted by Crippen LogP contribution is 2.43. The minimum Gasteiger partial charge on any atom is -0.242 e. The normalized spacial score (nSPS) is 17.8. The lowest BCUT2D eigenvalue weighted by atomic mass is 9.89. The fourth-order valence-corrected chi connectivity index (χ4v) is 3.65. The molecule has 0 amide bonds. The van der Waals surface area contributed by atoms with Crippen molar-refractivity contribution in [2.45, 2.75) is 38.1 Å². The number of hydrogen-bond donors (Lipinski definition) is 0. The van der Waals surface area contributed by atoms with E-state index in [2.05, 4.69) is 28.2 Å². The smallest absolute Gasteiger partial charge is 0.235 e. The van der Waals surface area contributed by atoms with Gasteiger partial charge in [0, 0.05) is 0 Å². The summed E-state index contributed by atoms with van der Waals surface area (Å²) in [6.45, 7) is 2.01. The van der Waals surface area contributed by atoms with Gasteiger partial charge in [0.15, 0.2) is 0 Å². The summed E-state index contributed by atoms with van der Waals surface area (Å²) in [6, 6.07) is 6.27. The number of carbonyl (C=O) groups excluding carboxylic acids is 1. The van der Waals surface area contributed by atoms with Crippen LogP contribution in [0.3, 0.4) is 0 Å². The summed E-state index contributed by atoms with van der Waals surface area (Å²) in [5.41, 5.74) is 1.79. The molecule has 0 aliphatic heterocycles. The number of thiazole rings is 1. The van der Waals surface area contributed by atoms with Gasteiger partial charge in [-0.05, 0) is 37.5 Å². The molecule has 0 spiro atoms. The van der Waals surface area contributed by atoms with Gasteiger partial charge in [0.1, 0.15) is 0 Å². The van der Waals surface area contributed by atoms with E-state index in [-0.39, 0.29) is 5.54 Å². The minimum absolute atomic E-state index is 0.340. The van der Waals surface area contributed by atoms with Crippen molar-refractivity contribution >= 4 is 27.6 Å². The van der Waals surface area contributed by atoms with E-state index in [0.717, 1.165) is 41.8 Å². The molecule has 1 aliphatic carbocycles. The number of aryl methyl sites for hydroxylation is 1. The third-order valence-electron chi connectivity index (χ3n) is 3.72. The largest absolute Gasteiger partial charge is 0.242 e. The molecule has 4 heteroatoms. The molecule has 0 N–H and O–H groups in total. The molecule has 1 aliphatic rings. The van der Waals surface area contributed by atoms with Crippen LogP contribution in [0.4, 0.5) is 0 Å². The molecule has 0 radical (unpaired) electrons. The molecule has 1 aromatic heterocycles. The van der Waals surface area contributed by atoms with E-state index in [9.17, 15) is 4.79 Å². The Bertz CT molecular complexity index is 634. The first kappa shape index (κ1) is 11.6. The monoisotopic (exact) mass is 258 g/mol. The second-order valence-electron chi connectivity index (χ2n) is 4.86. The molecule has 92 valence electrons.